The van der Waals surface area contributed by atoms with E-state index >= 15 is 0 Å². The molecule has 0 radical (unpaired) electrons. The number of hydrogen-bond donors (Lipinski definition) is 2. The zero-order valence-corrected chi connectivity index (χ0v) is 8.19. The number of aromatic nitrogens is 4. The number of aromatic amines is 1. The third kappa shape index (κ3) is 2.29. The lowest BCUT2D eigenvalue weighted by molar-refractivity contribution is 0.102. The Morgan fingerprint density at radius 1 is 1.47 bits per heavy atom. The number of carbonyl (C=O) groups excluding carboxylic acids is 1. The molecule has 0 bridgehead atoms. The van der Waals surface area contributed by atoms with Crippen LogP contribution in [0.3, 0.4) is 0 Å². The minimum atomic E-state index is -0.394. The van der Waals surface area contributed by atoms with Crippen molar-refractivity contribution in [1.29, 1.82) is 0 Å². The first kappa shape index (κ1) is 9.60. The number of rotatable bonds is 2. The van der Waals surface area contributed by atoms with Crippen molar-refractivity contribution in [2.45, 2.75) is 0 Å². The third-order valence-electron chi connectivity index (χ3n) is 1.59. The van der Waals surface area contributed by atoms with Crippen LogP contribution in [-0.2, 0) is 0 Å². The Balaban J connectivity index is 2.15. The molecule has 0 spiro atoms. The van der Waals surface area contributed by atoms with Gasteiger partial charge in [0.15, 0.2) is 0 Å². The molecule has 0 aliphatic rings. The van der Waals surface area contributed by atoms with E-state index in [0.29, 0.717) is 5.82 Å². The topological polar surface area (TPSA) is 83.6 Å². The second-order valence-electron chi connectivity index (χ2n) is 2.65. The Hall–Kier alpha value is -1.95. The van der Waals surface area contributed by atoms with E-state index < -0.39 is 5.91 Å². The molecule has 2 rings (SSSR count). The highest BCUT2D eigenvalue weighted by molar-refractivity contribution is 6.29. The summed E-state index contributed by atoms with van der Waals surface area (Å²) in [6.45, 7) is 0. The summed E-state index contributed by atoms with van der Waals surface area (Å²) in [5, 5.41) is 8.99. The summed E-state index contributed by atoms with van der Waals surface area (Å²) in [6, 6.07) is 1.62. The van der Waals surface area contributed by atoms with E-state index in [1.165, 1.54) is 18.6 Å². The van der Waals surface area contributed by atoms with Crippen LogP contribution in [0.1, 0.15) is 10.5 Å². The van der Waals surface area contributed by atoms with Crippen LogP contribution in [0.2, 0.25) is 5.15 Å². The molecule has 76 valence electrons. The van der Waals surface area contributed by atoms with Gasteiger partial charge in [-0.1, -0.05) is 11.6 Å². The molecule has 0 atom stereocenters. The predicted molar refractivity (Wildman–Crippen MR) is 53.6 cm³/mol. The summed E-state index contributed by atoms with van der Waals surface area (Å²) in [6.07, 6.45) is 4.21. The molecule has 0 aromatic carbocycles. The lowest BCUT2D eigenvalue weighted by Crippen LogP contribution is -2.14. The highest BCUT2D eigenvalue weighted by Gasteiger charge is 2.08. The average Bonchev–Trinajstić information content (AvgIpc) is 2.70. The van der Waals surface area contributed by atoms with Crippen LogP contribution in [0, 0.1) is 0 Å². The fourth-order valence-corrected chi connectivity index (χ4v) is 1.11. The zero-order valence-electron chi connectivity index (χ0n) is 7.44. The molecule has 0 saturated heterocycles. The Labute approximate surface area is 89.7 Å². The minimum Gasteiger partial charge on any atom is -0.306 e. The first-order valence-electron chi connectivity index (χ1n) is 4.04. The highest BCUT2D eigenvalue weighted by atomic mass is 35.5. The summed E-state index contributed by atoms with van der Waals surface area (Å²) in [7, 11) is 0. The van der Waals surface area contributed by atoms with Gasteiger partial charge in [-0.3, -0.25) is 14.9 Å². The van der Waals surface area contributed by atoms with Crippen molar-refractivity contribution in [2.75, 3.05) is 5.32 Å². The molecule has 0 aliphatic heterocycles. The maximum atomic E-state index is 11.5. The molecule has 2 N–H and O–H groups in total. The van der Waals surface area contributed by atoms with Crippen LogP contribution >= 0.6 is 11.6 Å². The third-order valence-corrected chi connectivity index (χ3v) is 1.77. The van der Waals surface area contributed by atoms with E-state index in [9.17, 15) is 4.79 Å². The maximum absolute atomic E-state index is 11.5. The second-order valence-corrected chi connectivity index (χ2v) is 3.04. The average molecular weight is 224 g/mol. The van der Waals surface area contributed by atoms with Gasteiger partial charge < -0.3 is 5.32 Å². The van der Waals surface area contributed by atoms with Gasteiger partial charge in [0, 0.05) is 6.07 Å². The molecular weight excluding hydrogens is 218 g/mol. The van der Waals surface area contributed by atoms with Gasteiger partial charge in [0.1, 0.15) is 16.7 Å². The SMILES string of the molecule is O=C(Nc1ccn[nH]1)c1cncc(Cl)n1. The Kier molecular flexibility index (Phi) is 2.59. The molecule has 2 heterocycles. The van der Waals surface area contributed by atoms with E-state index in [2.05, 4.69) is 25.5 Å². The van der Waals surface area contributed by atoms with Crippen molar-refractivity contribution in [1.82, 2.24) is 20.2 Å². The Morgan fingerprint density at radius 2 is 2.33 bits per heavy atom. The van der Waals surface area contributed by atoms with Crippen molar-refractivity contribution in [3.63, 3.8) is 0 Å². The number of anilines is 1. The summed E-state index contributed by atoms with van der Waals surface area (Å²) >= 11 is 5.60. The summed E-state index contributed by atoms with van der Waals surface area (Å²) in [5.74, 6) is 0.0935. The number of halogens is 1. The molecule has 2 aromatic heterocycles. The molecule has 1 amide bonds. The summed E-state index contributed by atoms with van der Waals surface area (Å²) in [4.78, 5) is 19.1. The summed E-state index contributed by atoms with van der Waals surface area (Å²) in [5.41, 5.74) is 0.150. The van der Waals surface area contributed by atoms with Crippen LogP contribution in [0.25, 0.3) is 0 Å². The van der Waals surface area contributed by atoms with Gasteiger partial charge in [0.2, 0.25) is 0 Å². The summed E-state index contributed by atoms with van der Waals surface area (Å²) < 4.78 is 0. The van der Waals surface area contributed by atoms with E-state index in [1.54, 1.807) is 6.07 Å². The van der Waals surface area contributed by atoms with Crippen LogP contribution < -0.4 is 5.32 Å². The van der Waals surface area contributed by atoms with Gasteiger partial charge >= 0.3 is 0 Å². The monoisotopic (exact) mass is 223 g/mol. The largest absolute Gasteiger partial charge is 0.306 e. The van der Waals surface area contributed by atoms with E-state index in [4.69, 9.17) is 11.6 Å². The highest BCUT2D eigenvalue weighted by Crippen LogP contribution is 2.05. The van der Waals surface area contributed by atoms with Crippen LogP contribution in [0.15, 0.2) is 24.7 Å². The van der Waals surface area contributed by atoms with Crippen LogP contribution in [-0.4, -0.2) is 26.1 Å². The van der Waals surface area contributed by atoms with Crippen molar-refractivity contribution in [3.05, 3.63) is 35.5 Å². The second kappa shape index (κ2) is 4.05. The van der Waals surface area contributed by atoms with Crippen molar-refractivity contribution < 1.29 is 4.79 Å². The molecule has 0 unspecified atom stereocenters. The Morgan fingerprint density at radius 3 is 3.00 bits per heavy atom. The molecule has 2 aromatic rings. The quantitative estimate of drug-likeness (QED) is 0.799. The molecule has 6 nitrogen and oxygen atoms in total. The van der Waals surface area contributed by atoms with Crippen molar-refractivity contribution in [3.8, 4) is 0 Å². The fraction of sp³-hybridized carbons (Fsp3) is 0. The first-order valence-corrected chi connectivity index (χ1v) is 4.42. The van der Waals surface area contributed by atoms with Crippen LogP contribution in [0.5, 0.6) is 0 Å². The molecule has 15 heavy (non-hydrogen) atoms. The van der Waals surface area contributed by atoms with Gasteiger partial charge in [0.05, 0.1) is 18.6 Å². The normalized spacial score (nSPS) is 9.93. The standard InChI is InChI=1S/C8H6ClN5O/c9-6-4-10-3-5(12-6)8(15)13-7-1-2-11-14-7/h1-4H,(H2,11,13,14,15). The molecule has 0 aliphatic carbocycles. The van der Waals surface area contributed by atoms with Crippen LogP contribution in [0.4, 0.5) is 5.82 Å². The molecule has 0 saturated carbocycles. The number of hydrogen-bond acceptors (Lipinski definition) is 4. The smallest absolute Gasteiger partial charge is 0.277 e. The maximum Gasteiger partial charge on any atom is 0.277 e. The minimum absolute atomic E-state index is 0.150. The van der Waals surface area contributed by atoms with Crippen molar-refractivity contribution >= 4 is 23.3 Å². The van der Waals surface area contributed by atoms with Gasteiger partial charge in [-0.25, -0.2) is 4.98 Å². The number of carbonyl (C=O) groups is 1. The van der Waals surface area contributed by atoms with E-state index in [0.717, 1.165) is 0 Å². The molecular formula is C8H6ClN5O. The van der Waals surface area contributed by atoms with E-state index in [-0.39, 0.29) is 10.8 Å². The van der Waals surface area contributed by atoms with Gasteiger partial charge in [0.25, 0.3) is 5.91 Å². The van der Waals surface area contributed by atoms with Gasteiger partial charge in [-0.2, -0.15) is 5.10 Å². The number of nitrogens with zero attached hydrogens (tertiary/aromatic N) is 3. The van der Waals surface area contributed by atoms with Gasteiger partial charge in [-0.15, -0.1) is 0 Å². The lowest BCUT2D eigenvalue weighted by atomic mass is 10.4. The van der Waals surface area contributed by atoms with Gasteiger partial charge in [-0.05, 0) is 0 Å². The number of nitrogens with one attached hydrogen (secondary N) is 2. The van der Waals surface area contributed by atoms with E-state index in [1.807, 2.05) is 0 Å². The molecule has 0 fully saturated rings. The first-order chi connectivity index (χ1) is 7.25. The number of H-pyrrole nitrogens is 1. The predicted octanol–water partition coefficient (Wildman–Crippen LogP) is 1.11. The Bertz CT molecular complexity index is 470. The molecule has 7 heteroatoms. The lowest BCUT2D eigenvalue weighted by Gasteiger charge is -2.00. The fourth-order valence-electron chi connectivity index (χ4n) is 0.963. The zero-order chi connectivity index (χ0) is 10.7. The van der Waals surface area contributed by atoms with Crippen molar-refractivity contribution in [2.24, 2.45) is 0 Å². The number of amides is 1.